The SMILES string of the molecule is CCc1c(CC(C)=O)c(Br)cc2c1OCCO2. The van der Waals surface area contributed by atoms with Gasteiger partial charge in [0, 0.05) is 16.5 Å². The number of carbonyl (C=O) groups excluding carboxylic acids is 1. The number of carbonyl (C=O) groups is 1. The quantitative estimate of drug-likeness (QED) is 0.861. The number of hydrogen-bond acceptors (Lipinski definition) is 3. The lowest BCUT2D eigenvalue weighted by Crippen LogP contribution is -2.18. The van der Waals surface area contributed by atoms with Crippen LogP contribution in [0.2, 0.25) is 0 Å². The van der Waals surface area contributed by atoms with E-state index in [2.05, 4.69) is 22.9 Å². The highest BCUT2D eigenvalue weighted by atomic mass is 79.9. The normalized spacial score (nSPS) is 13.6. The number of Topliss-reactive ketones (excluding diaryl/α,β-unsaturated/α-hetero) is 1. The molecule has 0 N–H and O–H groups in total. The molecule has 0 aliphatic carbocycles. The second-order valence-corrected chi connectivity index (χ2v) is 4.93. The molecule has 92 valence electrons. The van der Waals surface area contributed by atoms with Crippen LogP contribution in [-0.2, 0) is 17.6 Å². The molecule has 2 rings (SSSR count). The van der Waals surface area contributed by atoms with E-state index in [9.17, 15) is 4.79 Å². The Labute approximate surface area is 109 Å². The first-order valence-electron chi connectivity index (χ1n) is 5.72. The van der Waals surface area contributed by atoms with Crippen LogP contribution in [0, 0.1) is 0 Å². The molecular formula is C13H15BrO3. The van der Waals surface area contributed by atoms with Crippen molar-refractivity contribution in [3.63, 3.8) is 0 Å². The van der Waals surface area contributed by atoms with E-state index < -0.39 is 0 Å². The molecule has 0 radical (unpaired) electrons. The third-order valence-corrected chi connectivity index (χ3v) is 3.48. The van der Waals surface area contributed by atoms with Gasteiger partial charge < -0.3 is 9.47 Å². The first kappa shape index (κ1) is 12.4. The Morgan fingerprint density at radius 2 is 2.06 bits per heavy atom. The molecule has 3 nitrogen and oxygen atoms in total. The van der Waals surface area contributed by atoms with Crippen molar-refractivity contribution in [2.45, 2.75) is 26.7 Å². The molecule has 17 heavy (non-hydrogen) atoms. The average Bonchev–Trinajstić information content (AvgIpc) is 2.29. The van der Waals surface area contributed by atoms with Crippen molar-refractivity contribution >= 4 is 21.7 Å². The fourth-order valence-corrected chi connectivity index (χ4v) is 2.66. The fraction of sp³-hybridized carbons (Fsp3) is 0.462. The number of benzene rings is 1. The predicted molar refractivity (Wildman–Crippen MR) is 68.9 cm³/mol. The molecule has 0 saturated heterocycles. The van der Waals surface area contributed by atoms with Gasteiger partial charge in [-0.2, -0.15) is 0 Å². The molecule has 0 aromatic heterocycles. The van der Waals surface area contributed by atoms with E-state index in [1.54, 1.807) is 6.92 Å². The van der Waals surface area contributed by atoms with Gasteiger partial charge >= 0.3 is 0 Å². The zero-order chi connectivity index (χ0) is 12.4. The molecule has 1 aromatic rings. The van der Waals surface area contributed by atoms with Gasteiger partial charge in [-0.05, 0) is 25.0 Å². The molecule has 0 saturated carbocycles. The largest absolute Gasteiger partial charge is 0.486 e. The van der Waals surface area contributed by atoms with Crippen LogP contribution in [0.15, 0.2) is 10.5 Å². The standard InChI is InChI=1S/C13H15BrO3/c1-3-9-10(6-8(2)15)11(14)7-12-13(9)17-5-4-16-12/h7H,3-6H2,1-2H3. The van der Waals surface area contributed by atoms with E-state index in [-0.39, 0.29) is 5.78 Å². The van der Waals surface area contributed by atoms with Gasteiger partial charge in [0.1, 0.15) is 19.0 Å². The number of ether oxygens (including phenoxy) is 2. The summed E-state index contributed by atoms with van der Waals surface area (Å²) in [6.07, 6.45) is 1.26. The summed E-state index contributed by atoms with van der Waals surface area (Å²) < 4.78 is 12.2. The van der Waals surface area contributed by atoms with Crippen LogP contribution in [0.3, 0.4) is 0 Å². The maximum absolute atomic E-state index is 11.3. The molecule has 4 heteroatoms. The summed E-state index contributed by atoms with van der Waals surface area (Å²) in [7, 11) is 0. The summed E-state index contributed by atoms with van der Waals surface area (Å²) in [5, 5.41) is 0. The van der Waals surface area contributed by atoms with E-state index in [4.69, 9.17) is 9.47 Å². The second kappa shape index (κ2) is 5.08. The highest BCUT2D eigenvalue weighted by Gasteiger charge is 2.21. The number of fused-ring (bicyclic) bond motifs is 1. The van der Waals surface area contributed by atoms with Crippen molar-refractivity contribution in [1.29, 1.82) is 0 Å². The monoisotopic (exact) mass is 298 g/mol. The Morgan fingerprint density at radius 1 is 1.35 bits per heavy atom. The molecule has 0 bridgehead atoms. The van der Waals surface area contributed by atoms with Gasteiger partial charge in [-0.25, -0.2) is 0 Å². The van der Waals surface area contributed by atoms with E-state index in [0.29, 0.717) is 19.6 Å². The maximum atomic E-state index is 11.3. The summed E-state index contributed by atoms with van der Waals surface area (Å²) in [6.45, 7) is 4.81. The van der Waals surface area contributed by atoms with Crippen molar-refractivity contribution in [2.75, 3.05) is 13.2 Å². The number of halogens is 1. The lowest BCUT2D eigenvalue weighted by atomic mass is 9.99. The Hall–Kier alpha value is -1.03. The molecule has 1 heterocycles. The van der Waals surface area contributed by atoms with Crippen molar-refractivity contribution in [3.05, 3.63) is 21.7 Å². The van der Waals surface area contributed by atoms with Crippen molar-refractivity contribution in [3.8, 4) is 11.5 Å². The van der Waals surface area contributed by atoms with Crippen LogP contribution in [0.4, 0.5) is 0 Å². The Balaban J connectivity index is 2.54. The van der Waals surface area contributed by atoms with E-state index in [0.717, 1.165) is 33.5 Å². The minimum atomic E-state index is 0.150. The third-order valence-electron chi connectivity index (χ3n) is 2.77. The Morgan fingerprint density at radius 3 is 2.71 bits per heavy atom. The predicted octanol–water partition coefficient (Wildman–Crippen LogP) is 2.91. The molecular weight excluding hydrogens is 284 g/mol. The van der Waals surface area contributed by atoms with Gasteiger partial charge in [-0.3, -0.25) is 4.79 Å². The number of rotatable bonds is 3. The second-order valence-electron chi connectivity index (χ2n) is 4.07. The Bertz CT molecular complexity index is 454. The zero-order valence-corrected chi connectivity index (χ0v) is 11.6. The van der Waals surface area contributed by atoms with Gasteiger partial charge in [0.15, 0.2) is 11.5 Å². The van der Waals surface area contributed by atoms with Gasteiger partial charge in [0.25, 0.3) is 0 Å². The van der Waals surface area contributed by atoms with Crippen LogP contribution >= 0.6 is 15.9 Å². The first-order chi connectivity index (χ1) is 8.13. The van der Waals surface area contributed by atoms with Crippen molar-refractivity contribution < 1.29 is 14.3 Å². The van der Waals surface area contributed by atoms with Crippen LogP contribution in [0.5, 0.6) is 11.5 Å². The molecule has 1 aliphatic rings. The maximum Gasteiger partial charge on any atom is 0.164 e. The molecule has 1 aliphatic heterocycles. The Kier molecular flexibility index (Phi) is 3.72. The number of ketones is 1. The molecule has 0 amide bonds. The van der Waals surface area contributed by atoms with E-state index >= 15 is 0 Å². The lowest BCUT2D eigenvalue weighted by molar-refractivity contribution is -0.116. The molecule has 0 fully saturated rings. The van der Waals surface area contributed by atoms with Crippen molar-refractivity contribution in [1.82, 2.24) is 0 Å². The summed E-state index contributed by atoms with van der Waals surface area (Å²) in [6, 6.07) is 1.89. The third kappa shape index (κ3) is 2.46. The van der Waals surface area contributed by atoms with E-state index in [1.165, 1.54) is 0 Å². The smallest absolute Gasteiger partial charge is 0.164 e. The summed E-state index contributed by atoms with van der Waals surface area (Å²) in [5.41, 5.74) is 2.09. The highest BCUT2D eigenvalue weighted by molar-refractivity contribution is 9.10. The fourth-order valence-electron chi connectivity index (χ4n) is 2.07. The number of hydrogen-bond donors (Lipinski definition) is 0. The van der Waals surface area contributed by atoms with E-state index in [1.807, 2.05) is 6.07 Å². The van der Waals surface area contributed by atoms with Gasteiger partial charge in [-0.1, -0.05) is 22.9 Å². The van der Waals surface area contributed by atoms with Crippen LogP contribution in [0.1, 0.15) is 25.0 Å². The highest BCUT2D eigenvalue weighted by Crippen LogP contribution is 2.40. The van der Waals surface area contributed by atoms with Gasteiger partial charge in [0.2, 0.25) is 0 Å². The van der Waals surface area contributed by atoms with Gasteiger partial charge in [0.05, 0.1) is 0 Å². The van der Waals surface area contributed by atoms with Crippen LogP contribution in [-0.4, -0.2) is 19.0 Å². The topological polar surface area (TPSA) is 35.5 Å². The zero-order valence-electron chi connectivity index (χ0n) is 10.0. The lowest BCUT2D eigenvalue weighted by Gasteiger charge is -2.23. The van der Waals surface area contributed by atoms with Crippen molar-refractivity contribution in [2.24, 2.45) is 0 Å². The molecule has 1 aromatic carbocycles. The van der Waals surface area contributed by atoms with Crippen LogP contribution in [0.25, 0.3) is 0 Å². The molecule has 0 unspecified atom stereocenters. The summed E-state index contributed by atoms with van der Waals surface area (Å²) >= 11 is 3.51. The van der Waals surface area contributed by atoms with Crippen LogP contribution < -0.4 is 9.47 Å². The minimum absolute atomic E-state index is 0.150. The first-order valence-corrected chi connectivity index (χ1v) is 6.52. The molecule has 0 atom stereocenters. The summed E-state index contributed by atoms with van der Waals surface area (Å²) in [5.74, 6) is 1.72. The average molecular weight is 299 g/mol. The van der Waals surface area contributed by atoms with Gasteiger partial charge in [-0.15, -0.1) is 0 Å². The summed E-state index contributed by atoms with van der Waals surface area (Å²) in [4.78, 5) is 11.3. The minimum Gasteiger partial charge on any atom is -0.486 e. The molecule has 0 spiro atoms.